The number of hydrogen-bond donors (Lipinski definition) is 5. The maximum atomic E-state index is 10.3. The van der Waals surface area contributed by atoms with Gasteiger partial charge in [-0.1, -0.05) is 26.3 Å². The molecule has 0 amide bonds. The topological polar surface area (TPSA) is 119 Å². The van der Waals surface area contributed by atoms with Gasteiger partial charge < -0.3 is 34.6 Å². The number of hydrogen-bond acceptors (Lipinski definition) is 6. The highest BCUT2D eigenvalue weighted by Crippen LogP contribution is 2.29. The minimum Gasteiger partial charge on any atom is -0.504 e. The largest absolute Gasteiger partial charge is 0.504 e. The molecule has 0 saturated heterocycles. The predicted octanol–water partition coefficient (Wildman–Crippen LogP) is 5.18. The standard InChI is InChI=1S/C30H43NO6/c1-4-5-6-29-24(19-32)17-26(37-29)10-8-22-9-12-28(35)30(15-22)36-14-13-25-16-23(18-31-25)20(2)7-11-27(34)21(3)33/h9,12,15-18,20-21,27,31-35H,4-8,10-11,13-14,19H2,1-3H3/t20-,21+,27+/m1/s1. The number of ether oxygens (including phenoxy) is 1. The van der Waals surface area contributed by atoms with Crippen LogP contribution in [0.15, 0.2) is 40.9 Å². The van der Waals surface area contributed by atoms with E-state index < -0.39 is 12.2 Å². The summed E-state index contributed by atoms with van der Waals surface area (Å²) in [7, 11) is 0. The number of phenolic OH excluding ortho intramolecular Hbond substituents is 1. The molecule has 2 heterocycles. The van der Waals surface area contributed by atoms with Crippen LogP contribution in [-0.2, 0) is 32.3 Å². The number of rotatable bonds is 16. The Hall–Kier alpha value is -2.74. The number of aliphatic hydroxyl groups excluding tert-OH is 3. The molecule has 0 bridgehead atoms. The van der Waals surface area contributed by atoms with Crippen molar-refractivity contribution in [2.45, 2.75) is 96.9 Å². The quantitative estimate of drug-likeness (QED) is 0.180. The molecule has 0 aliphatic carbocycles. The van der Waals surface area contributed by atoms with E-state index in [4.69, 9.17) is 9.15 Å². The number of H-pyrrole nitrogens is 1. The van der Waals surface area contributed by atoms with Gasteiger partial charge in [-0.15, -0.1) is 0 Å². The summed E-state index contributed by atoms with van der Waals surface area (Å²) in [5.74, 6) is 2.59. The highest BCUT2D eigenvalue weighted by Gasteiger charge is 2.15. The van der Waals surface area contributed by atoms with E-state index in [1.807, 2.05) is 24.4 Å². The molecule has 5 N–H and O–H groups in total. The van der Waals surface area contributed by atoms with Crippen molar-refractivity contribution in [2.24, 2.45) is 0 Å². The molecule has 0 radical (unpaired) electrons. The first-order valence-electron chi connectivity index (χ1n) is 13.5. The summed E-state index contributed by atoms with van der Waals surface area (Å²) in [6.07, 6.45) is 7.00. The molecule has 37 heavy (non-hydrogen) atoms. The third kappa shape index (κ3) is 8.66. The molecule has 3 atom stereocenters. The Morgan fingerprint density at radius 2 is 1.81 bits per heavy atom. The first kappa shape index (κ1) is 28.8. The van der Waals surface area contributed by atoms with Gasteiger partial charge in [0.15, 0.2) is 11.5 Å². The van der Waals surface area contributed by atoms with Crippen LogP contribution in [0.5, 0.6) is 11.5 Å². The van der Waals surface area contributed by atoms with Crippen molar-refractivity contribution in [3.8, 4) is 11.5 Å². The van der Waals surface area contributed by atoms with E-state index in [9.17, 15) is 20.4 Å². The lowest BCUT2D eigenvalue weighted by Gasteiger charge is -2.16. The van der Waals surface area contributed by atoms with Crippen LogP contribution in [0.3, 0.4) is 0 Å². The lowest BCUT2D eigenvalue weighted by Crippen LogP contribution is -2.22. The van der Waals surface area contributed by atoms with Gasteiger partial charge in [0.05, 0.1) is 25.4 Å². The summed E-state index contributed by atoms with van der Waals surface area (Å²) in [6.45, 7) is 6.27. The van der Waals surface area contributed by atoms with Gasteiger partial charge in [0.1, 0.15) is 11.5 Å². The Bertz CT molecular complexity index is 1090. The lowest BCUT2D eigenvalue weighted by molar-refractivity contribution is 0.0242. The number of benzene rings is 1. The maximum Gasteiger partial charge on any atom is 0.161 e. The van der Waals surface area contributed by atoms with E-state index in [1.165, 1.54) is 0 Å². The number of nitrogens with one attached hydrogen (secondary N) is 1. The number of aromatic hydroxyl groups is 1. The first-order valence-corrected chi connectivity index (χ1v) is 13.5. The fourth-order valence-corrected chi connectivity index (χ4v) is 4.42. The van der Waals surface area contributed by atoms with Gasteiger partial charge in [0.2, 0.25) is 0 Å². The number of phenols is 1. The second-order valence-corrected chi connectivity index (χ2v) is 10.1. The highest BCUT2D eigenvalue weighted by atomic mass is 16.5. The normalized spacial score (nSPS) is 14.0. The van der Waals surface area contributed by atoms with Crippen molar-refractivity contribution in [1.29, 1.82) is 0 Å². The van der Waals surface area contributed by atoms with Crippen LogP contribution in [0.25, 0.3) is 0 Å². The van der Waals surface area contributed by atoms with Crippen molar-refractivity contribution in [3.05, 3.63) is 70.4 Å². The summed E-state index contributed by atoms with van der Waals surface area (Å²) < 4.78 is 11.9. The average molecular weight is 514 g/mol. The van der Waals surface area contributed by atoms with Crippen LogP contribution in [0, 0.1) is 0 Å². The van der Waals surface area contributed by atoms with E-state index in [0.29, 0.717) is 31.6 Å². The van der Waals surface area contributed by atoms with Crippen LogP contribution >= 0.6 is 0 Å². The number of unbranched alkanes of at least 4 members (excludes halogenated alkanes) is 1. The van der Waals surface area contributed by atoms with Gasteiger partial charge in [-0.2, -0.15) is 0 Å². The van der Waals surface area contributed by atoms with Crippen molar-refractivity contribution >= 4 is 0 Å². The van der Waals surface area contributed by atoms with E-state index in [-0.39, 0.29) is 18.3 Å². The molecule has 2 aromatic heterocycles. The van der Waals surface area contributed by atoms with Gasteiger partial charge in [-0.25, -0.2) is 0 Å². The molecule has 3 aromatic rings. The smallest absolute Gasteiger partial charge is 0.161 e. The predicted molar refractivity (Wildman–Crippen MR) is 144 cm³/mol. The molecule has 1 aromatic carbocycles. The van der Waals surface area contributed by atoms with Gasteiger partial charge >= 0.3 is 0 Å². The molecule has 0 aliphatic heterocycles. The zero-order chi connectivity index (χ0) is 26.8. The Labute approximate surface area is 220 Å². The lowest BCUT2D eigenvalue weighted by atomic mass is 9.95. The van der Waals surface area contributed by atoms with E-state index >= 15 is 0 Å². The average Bonchev–Trinajstić information content (AvgIpc) is 3.52. The Kier molecular flexibility index (Phi) is 11.1. The molecular weight excluding hydrogens is 470 g/mol. The van der Waals surface area contributed by atoms with Crippen LogP contribution < -0.4 is 4.74 Å². The van der Waals surface area contributed by atoms with E-state index in [2.05, 4.69) is 24.9 Å². The number of aliphatic hydroxyl groups is 3. The zero-order valence-electron chi connectivity index (χ0n) is 22.4. The Morgan fingerprint density at radius 1 is 1.00 bits per heavy atom. The fraction of sp³-hybridized carbons (Fsp3) is 0.533. The maximum absolute atomic E-state index is 10.3. The second-order valence-electron chi connectivity index (χ2n) is 10.1. The summed E-state index contributed by atoms with van der Waals surface area (Å²) >= 11 is 0. The van der Waals surface area contributed by atoms with E-state index in [0.717, 1.165) is 66.0 Å². The number of aromatic amines is 1. The van der Waals surface area contributed by atoms with Crippen molar-refractivity contribution in [2.75, 3.05) is 6.61 Å². The van der Waals surface area contributed by atoms with Crippen LogP contribution in [0.1, 0.15) is 86.3 Å². The highest BCUT2D eigenvalue weighted by molar-refractivity contribution is 5.42. The number of aromatic nitrogens is 1. The molecule has 0 saturated carbocycles. The molecule has 0 spiro atoms. The minimum atomic E-state index is -0.714. The molecule has 0 unspecified atom stereocenters. The fourth-order valence-electron chi connectivity index (χ4n) is 4.42. The minimum absolute atomic E-state index is 0.00687. The summed E-state index contributed by atoms with van der Waals surface area (Å²) in [4.78, 5) is 3.29. The van der Waals surface area contributed by atoms with Crippen molar-refractivity contribution < 1.29 is 29.6 Å². The second kappa shape index (κ2) is 14.3. The molecule has 7 nitrogen and oxygen atoms in total. The molecule has 7 heteroatoms. The van der Waals surface area contributed by atoms with Gasteiger partial charge in [0.25, 0.3) is 0 Å². The molecular formula is C30H43NO6. The summed E-state index contributed by atoms with van der Waals surface area (Å²) in [5.41, 5.74) is 4.13. The summed E-state index contributed by atoms with van der Waals surface area (Å²) in [6, 6.07) is 9.48. The van der Waals surface area contributed by atoms with Crippen molar-refractivity contribution in [3.63, 3.8) is 0 Å². The molecule has 0 aliphatic rings. The summed E-state index contributed by atoms with van der Waals surface area (Å²) in [5, 5.41) is 39.2. The van der Waals surface area contributed by atoms with Crippen LogP contribution in [0.4, 0.5) is 0 Å². The van der Waals surface area contributed by atoms with Crippen LogP contribution in [-0.4, -0.2) is 44.2 Å². The third-order valence-corrected chi connectivity index (χ3v) is 6.98. The van der Waals surface area contributed by atoms with E-state index in [1.54, 1.807) is 13.0 Å². The van der Waals surface area contributed by atoms with Crippen molar-refractivity contribution in [1.82, 2.24) is 4.98 Å². The molecule has 0 fully saturated rings. The third-order valence-electron chi connectivity index (χ3n) is 6.98. The van der Waals surface area contributed by atoms with Gasteiger partial charge in [-0.05, 0) is 73.9 Å². The number of aryl methyl sites for hydroxylation is 3. The van der Waals surface area contributed by atoms with Gasteiger partial charge in [-0.3, -0.25) is 0 Å². The Balaban J connectivity index is 1.50. The van der Waals surface area contributed by atoms with Crippen LogP contribution in [0.2, 0.25) is 0 Å². The molecule has 3 rings (SSSR count). The van der Waals surface area contributed by atoms with Gasteiger partial charge in [0, 0.05) is 36.7 Å². The monoisotopic (exact) mass is 513 g/mol. The zero-order valence-corrected chi connectivity index (χ0v) is 22.4. The molecule has 204 valence electrons. The number of furan rings is 1. The first-order chi connectivity index (χ1) is 17.8. The SMILES string of the molecule is CCCCc1oc(CCc2ccc(O)c(OCCc3cc([C@H](C)CC[C@H](O)[C@H](C)O)c[nH]3)c2)cc1CO. The Morgan fingerprint density at radius 3 is 2.54 bits per heavy atom.